The molecule has 0 saturated carbocycles. The second-order valence-electron chi connectivity index (χ2n) is 7.43. The molecule has 5 nitrogen and oxygen atoms in total. The van der Waals surface area contributed by atoms with Gasteiger partial charge in [0.25, 0.3) is 5.56 Å². The minimum Gasteiger partial charge on any atom is -0.441 e. The van der Waals surface area contributed by atoms with Crippen LogP contribution in [-0.2, 0) is 13.1 Å². The van der Waals surface area contributed by atoms with Crippen LogP contribution < -0.4 is 5.56 Å². The van der Waals surface area contributed by atoms with Crippen molar-refractivity contribution in [3.63, 3.8) is 0 Å². The van der Waals surface area contributed by atoms with Gasteiger partial charge in [0.2, 0.25) is 5.89 Å². The molecule has 1 saturated heterocycles. The predicted molar refractivity (Wildman–Crippen MR) is 101 cm³/mol. The zero-order valence-electron chi connectivity index (χ0n) is 14.7. The first-order valence-electron chi connectivity index (χ1n) is 9.08. The molecule has 3 aromatic rings. The molecule has 26 heavy (non-hydrogen) atoms. The summed E-state index contributed by atoms with van der Waals surface area (Å²) in [6.07, 6.45) is 1.18. The Labute approximate surface area is 155 Å². The molecule has 0 aliphatic carbocycles. The van der Waals surface area contributed by atoms with Crippen LogP contribution in [0.15, 0.2) is 44.2 Å². The van der Waals surface area contributed by atoms with Crippen LogP contribution in [0.25, 0.3) is 11.5 Å². The Bertz CT molecular complexity index is 989. The van der Waals surface area contributed by atoms with Crippen LogP contribution in [0.3, 0.4) is 0 Å². The molecule has 0 radical (unpaired) electrons. The lowest BCUT2D eigenvalue weighted by atomic mass is 9.83. The van der Waals surface area contributed by atoms with E-state index in [0.717, 1.165) is 43.2 Å². The van der Waals surface area contributed by atoms with Gasteiger partial charge in [-0.3, -0.25) is 9.69 Å². The van der Waals surface area contributed by atoms with E-state index in [1.807, 2.05) is 29.0 Å². The van der Waals surface area contributed by atoms with Crippen LogP contribution in [0.1, 0.15) is 29.5 Å². The molecule has 5 rings (SSSR count). The highest BCUT2D eigenvalue weighted by molar-refractivity contribution is 7.08. The summed E-state index contributed by atoms with van der Waals surface area (Å²) >= 11 is 1.65. The average molecular weight is 367 g/mol. The normalized spacial score (nSPS) is 22.3. The summed E-state index contributed by atoms with van der Waals surface area (Å²) < 4.78 is 7.87. The molecule has 0 amide bonds. The van der Waals surface area contributed by atoms with Crippen molar-refractivity contribution in [2.45, 2.75) is 32.4 Å². The summed E-state index contributed by atoms with van der Waals surface area (Å²) in [4.78, 5) is 19.4. The van der Waals surface area contributed by atoms with E-state index in [1.165, 1.54) is 12.1 Å². The van der Waals surface area contributed by atoms with Crippen molar-refractivity contribution < 1.29 is 4.42 Å². The molecular weight excluding hydrogens is 346 g/mol. The number of piperidine rings is 1. The van der Waals surface area contributed by atoms with Crippen molar-refractivity contribution in [3.8, 4) is 11.5 Å². The fourth-order valence-corrected chi connectivity index (χ4v) is 5.05. The highest BCUT2D eigenvalue weighted by Crippen LogP contribution is 2.35. The Morgan fingerprint density at radius 3 is 3.04 bits per heavy atom. The van der Waals surface area contributed by atoms with E-state index in [2.05, 4.69) is 16.3 Å². The maximum atomic E-state index is 12.2. The van der Waals surface area contributed by atoms with Crippen molar-refractivity contribution in [1.29, 1.82) is 0 Å². The highest BCUT2D eigenvalue weighted by Gasteiger charge is 2.34. The van der Waals surface area contributed by atoms with Gasteiger partial charge in [0.15, 0.2) is 0 Å². The van der Waals surface area contributed by atoms with Crippen LogP contribution in [0.2, 0.25) is 0 Å². The summed E-state index contributed by atoms with van der Waals surface area (Å²) in [7, 11) is 0. The number of likely N-dealkylation sites (tertiary alicyclic amines) is 1. The largest absolute Gasteiger partial charge is 0.441 e. The van der Waals surface area contributed by atoms with Gasteiger partial charge in [0, 0.05) is 54.8 Å². The fraction of sp³-hybridized carbons (Fsp3) is 0.400. The molecule has 3 aromatic heterocycles. The molecule has 0 unspecified atom stereocenters. The van der Waals surface area contributed by atoms with Gasteiger partial charge < -0.3 is 8.98 Å². The van der Waals surface area contributed by atoms with Crippen molar-refractivity contribution in [3.05, 3.63) is 62.5 Å². The third-order valence-corrected chi connectivity index (χ3v) is 6.27. The smallest absolute Gasteiger partial charge is 0.250 e. The third-order valence-electron chi connectivity index (χ3n) is 5.59. The monoisotopic (exact) mass is 367 g/mol. The molecule has 0 spiro atoms. The second-order valence-corrected chi connectivity index (χ2v) is 8.21. The Hall–Kier alpha value is -2.18. The van der Waals surface area contributed by atoms with E-state index in [0.29, 0.717) is 17.7 Å². The molecule has 5 heterocycles. The van der Waals surface area contributed by atoms with Crippen molar-refractivity contribution in [1.82, 2.24) is 14.5 Å². The minimum atomic E-state index is 0.137. The second kappa shape index (κ2) is 6.21. The lowest BCUT2D eigenvalue weighted by molar-refractivity contribution is 0.113. The quantitative estimate of drug-likeness (QED) is 0.711. The number of pyridine rings is 1. The maximum absolute atomic E-state index is 12.2. The number of nitrogens with zero attached hydrogens (tertiary/aromatic N) is 3. The van der Waals surface area contributed by atoms with E-state index in [1.54, 1.807) is 17.4 Å². The first kappa shape index (κ1) is 16.0. The summed E-state index contributed by atoms with van der Waals surface area (Å²) in [6.45, 7) is 5.62. The summed E-state index contributed by atoms with van der Waals surface area (Å²) in [5, 5.41) is 4.11. The number of rotatable bonds is 3. The summed E-state index contributed by atoms with van der Waals surface area (Å²) in [6, 6.07) is 7.72. The van der Waals surface area contributed by atoms with Crippen molar-refractivity contribution >= 4 is 11.3 Å². The van der Waals surface area contributed by atoms with Gasteiger partial charge in [-0.15, -0.1) is 0 Å². The third kappa shape index (κ3) is 2.73. The molecule has 0 N–H and O–H groups in total. The molecule has 0 aromatic carbocycles. The van der Waals surface area contributed by atoms with Gasteiger partial charge in [-0.05, 0) is 36.8 Å². The van der Waals surface area contributed by atoms with Gasteiger partial charge in [-0.2, -0.15) is 11.3 Å². The minimum absolute atomic E-state index is 0.137. The molecule has 1 fully saturated rings. The van der Waals surface area contributed by atoms with Gasteiger partial charge in [-0.1, -0.05) is 6.07 Å². The molecule has 6 heteroatoms. The van der Waals surface area contributed by atoms with E-state index < -0.39 is 0 Å². The van der Waals surface area contributed by atoms with Crippen LogP contribution in [0.4, 0.5) is 0 Å². The Morgan fingerprint density at radius 1 is 1.27 bits per heavy atom. The van der Waals surface area contributed by atoms with E-state index in [9.17, 15) is 4.79 Å². The summed E-state index contributed by atoms with van der Waals surface area (Å²) in [5.41, 5.74) is 3.40. The lowest BCUT2D eigenvalue weighted by Gasteiger charge is -2.42. The van der Waals surface area contributed by atoms with Crippen LogP contribution in [0, 0.1) is 12.8 Å². The first-order valence-corrected chi connectivity index (χ1v) is 10.0. The predicted octanol–water partition coefficient (Wildman–Crippen LogP) is 3.49. The lowest BCUT2D eigenvalue weighted by Crippen LogP contribution is -2.46. The Kier molecular flexibility index (Phi) is 3.83. The number of fused-ring (bicyclic) bond motifs is 4. The molecule has 2 bridgehead atoms. The topological polar surface area (TPSA) is 51.3 Å². The average Bonchev–Trinajstić information content (AvgIpc) is 3.26. The van der Waals surface area contributed by atoms with Crippen LogP contribution in [0.5, 0.6) is 0 Å². The molecule has 2 aliphatic rings. The number of hydrogen-bond acceptors (Lipinski definition) is 5. The zero-order chi connectivity index (χ0) is 17.7. The van der Waals surface area contributed by atoms with Crippen LogP contribution in [-0.4, -0.2) is 27.5 Å². The Morgan fingerprint density at radius 2 is 2.19 bits per heavy atom. The van der Waals surface area contributed by atoms with Crippen molar-refractivity contribution in [2.75, 3.05) is 13.1 Å². The number of oxazole rings is 1. The van der Waals surface area contributed by atoms with Gasteiger partial charge in [0.1, 0.15) is 5.76 Å². The standard InChI is InChI=1S/C20H21N3O2S/c1-13-17(21-20(25-13)15-5-6-26-12-15)11-22-8-14-7-16(10-22)18-3-2-4-19(24)23(18)9-14/h2-6,12,14,16H,7-11H2,1H3/t14-,16-/m0/s1. The van der Waals surface area contributed by atoms with Crippen molar-refractivity contribution in [2.24, 2.45) is 5.92 Å². The molecule has 2 atom stereocenters. The Balaban J connectivity index is 1.38. The highest BCUT2D eigenvalue weighted by atomic mass is 32.1. The zero-order valence-corrected chi connectivity index (χ0v) is 15.5. The van der Waals surface area contributed by atoms with Gasteiger partial charge in [-0.25, -0.2) is 4.98 Å². The molecule has 134 valence electrons. The van der Waals surface area contributed by atoms with E-state index in [-0.39, 0.29) is 5.56 Å². The summed E-state index contributed by atoms with van der Waals surface area (Å²) in [5.74, 6) is 2.58. The molecular formula is C20H21N3O2S. The number of aromatic nitrogens is 2. The number of hydrogen-bond donors (Lipinski definition) is 0. The maximum Gasteiger partial charge on any atom is 0.250 e. The first-order chi connectivity index (χ1) is 12.7. The number of thiophene rings is 1. The van der Waals surface area contributed by atoms with E-state index in [4.69, 9.17) is 9.40 Å². The van der Waals surface area contributed by atoms with Gasteiger partial charge in [0.05, 0.1) is 5.69 Å². The fourth-order valence-electron chi connectivity index (χ4n) is 4.42. The number of aryl methyl sites for hydroxylation is 1. The molecule has 2 aliphatic heterocycles. The van der Waals surface area contributed by atoms with E-state index >= 15 is 0 Å². The SMILES string of the molecule is Cc1oc(-c2ccsc2)nc1CN1C[C@@H]2C[C@@H](C1)c1cccc(=O)n1C2. The van der Waals surface area contributed by atoms with Crippen LogP contribution >= 0.6 is 11.3 Å². The van der Waals surface area contributed by atoms with Gasteiger partial charge >= 0.3 is 0 Å².